The third-order valence-electron chi connectivity index (χ3n) is 2.98. The Balaban J connectivity index is 2.18. The zero-order valence-corrected chi connectivity index (χ0v) is 6.39. The molecule has 1 aliphatic carbocycles. The van der Waals surface area contributed by atoms with Crippen molar-refractivity contribution in [3.8, 4) is 0 Å². The molecular formula is C8H12O2. The van der Waals surface area contributed by atoms with Crippen LogP contribution >= 0.6 is 0 Å². The van der Waals surface area contributed by atoms with E-state index in [-0.39, 0.29) is 17.3 Å². The van der Waals surface area contributed by atoms with Gasteiger partial charge in [0.05, 0.1) is 12.5 Å². The van der Waals surface area contributed by atoms with Crippen molar-refractivity contribution < 1.29 is 9.53 Å². The van der Waals surface area contributed by atoms with Crippen molar-refractivity contribution in [1.82, 2.24) is 0 Å². The molecule has 1 heterocycles. The summed E-state index contributed by atoms with van der Waals surface area (Å²) in [6, 6.07) is 0. The van der Waals surface area contributed by atoms with Gasteiger partial charge in [0.1, 0.15) is 0 Å². The number of hydrogen-bond acceptors (Lipinski definition) is 2. The molecule has 0 spiro atoms. The Morgan fingerprint density at radius 2 is 2.30 bits per heavy atom. The van der Waals surface area contributed by atoms with Crippen LogP contribution in [0.25, 0.3) is 0 Å². The summed E-state index contributed by atoms with van der Waals surface area (Å²) in [6.45, 7) is 4.94. The number of ether oxygens (including phenoxy) is 1. The van der Waals surface area contributed by atoms with Gasteiger partial charge in [0.25, 0.3) is 0 Å². The summed E-state index contributed by atoms with van der Waals surface area (Å²) in [4.78, 5) is 11.0. The second kappa shape index (κ2) is 1.55. The second-order valence-corrected chi connectivity index (χ2v) is 3.86. The quantitative estimate of drug-likeness (QED) is 0.473. The van der Waals surface area contributed by atoms with Gasteiger partial charge in [-0.3, -0.25) is 4.79 Å². The van der Waals surface area contributed by atoms with Crippen LogP contribution in [0.2, 0.25) is 0 Å². The minimum atomic E-state index is 0.0289. The highest BCUT2D eigenvalue weighted by Gasteiger charge is 2.63. The Hall–Kier alpha value is -0.530. The highest BCUT2D eigenvalue weighted by molar-refractivity contribution is 5.78. The topological polar surface area (TPSA) is 26.3 Å². The molecule has 2 aliphatic rings. The van der Waals surface area contributed by atoms with Crippen molar-refractivity contribution in [3.63, 3.8) is 0 Å². The summed E-state index contributed by atoms with van der Waals surface area (Å²) in [5.41, 5.74) is 0.244. The van der Waals surface area contributed by atoms with E-state index in [4.69, 9.17) is 4.74 Å². The standard InChI is InChI=1S/C8H12O2/c1-8(2)5-3-4-10-7(9)6(5)8/h5-6H,3-4H2,1-2H3/t5-,6-/m0/s1. The smallest absolute Gasteiger partial charge is 0.309 e. The summed E-state index contributed by atoms with van der Waals surface area (Å²) >= 11 is 0. The Bertz CT molecular complexity index is 184. The van der Waals surface area contributed by atoms with Gasteiger partial charge >= 0.3 is 5.97 Å². The molecule has 0 amide bonds. The van der Waals surface area contributed by atoms with E-state index < -0.39 is 0 Å². The molecule has 0 radical (unpaired) electrons. The maximum atomic E-state index is 11.0. The van der Waals surface area contributed by atoms with E-state index in [2.05, 4.69) is 13.8 Å². The van der Waals surface area contributed by atoms with E-state index in [1.165, 1.54) is 0 Å². The zero-order chi connectivity index (χ0) is 7.35. The minimum Gasteiger partial charge on any atom is -0.465 e. The van der Waals surface area contributed by atoms with Crippen LogP contribution < -0.4 is 0 Å². The van der Waals surface area contributed by atoms with Gasteiger partial charge in [-0.15, -0.1) is 0 Å². The van der Waals surface area contributed by atoms with Crippen LogP contribution in [0.5, 0.6) is 0 Å². The molecule has 2 heteroatoms. The van der Waals surface area contributed by atoms with Crippen LogP contribution in [-0.4, -0.2) is 12.6 Å². The van der Waals surface area contributed by atoms with E-state index in [0.29, 0.717) is 12.5 Å². The van der Waals surface area contributed by atoms with Gasteiger partial charge in [-0.2, -0.15) is 0 Å². The molecule has 2 fully saturated rings. The van der Waals surface area contributed by atoms with Gasteiger partial charge < -0.3 is 4.74 Å². The van der Waals surface area contributed by atoms with Gasteiger partial charge in [-0.25, -0.2) is 0 Å². The van der Waals surface area contributed by atoms with Crippen LogP contribution in [0, 0.1) is 17.3 Å². The predicted molar refractivity (Wildman–Crippen MR) is 36.3 cm³/mol. The Labute approximate surface area is 60.6 Å². The number of cyclic esters (lactones) is 1. The van der Waals surface area contributed by atoms with E-state index >= 15 is 0 Å². The first-order valence-electron chi connectivity index (χ1n) is 3.80. The van der Waals surface area contributed by atoms with Crippen LogP contribution in [0.4, 0.5) is 0 Å². The molecule has 0 aromatic rings. The average molecular weight is 140 g/mol. The fourth-order valence-corrected chi connectivity index (χ4v) is 2.13. The van der Waals surface area contributed by atoms with Crippen molar-refractivity contribution in [1.29, 1.82) is 0 Å². The third-order valence-corrected chi connectivity index (χ3v) is 2.98. The van der Waals surface area contributed by atoms with Crippen LogP contribution in [-0.2, 0) is 9.53 Å². The normalized spacial score (nSPS) is 42.0. The molecule has 0 N–H and O–H groups in total. The molecule has 1 saturated heterocycles. The molecule has 1 aliphatic heterocycles. The molecule has 1 saturated carbocycles. The number of hydrogen-bond donors (Lipinski definition) is 0. The molecule has 0 unspecified atom stereocenters. The fraction of sp³-hybridized carbons (Fsp3) is 0.875. The van der Waals surface area contributed by atoms with Crippen LogP contribution in [0.15, 0.2) is 0 Å². The third kappa shape index (κ3) is 0.568. The molecule has 0 aromatic heterocycles. The molecule has 2 nitrogen and oxygen atoms in total. The van der Waals surface area contributed by atoms with Crippen molar-refractivity contribution in [2.24, 2.45) is 17.3 Å². The minimum absolute atomic E-state index is 0.0289. The SMILES string of the molecule is CC1(C)[C@@H]2C(=O)OCC[C@@H]21. The predicted octanol–water partition coefficient (Wildman–Crippen LogP) is 1.21. The van der Waals surface area contributed by atoms with E-state index in [1.807, 2.05) is 0 Å². The van der Waals surface area contributed by atoms with Gasteiger partial charge in [0.15, 0.2) is 0 Å². The van der Waals surface area contributed by atoms with Gasteiger partial charge in [0.2, 0.25) is 0 Å². The van der Waals surface area contributed by atoms with E-state index in [9.17, 15) is 4.79 Å². The maximum Gasteiger partial charge on any atom is 0.309 e. The number of carbonyl (C=O) groups excluding carboxylic acids is 1. The Morgan fingerprint density at radius 3 is 2.80 bits per heavy atom. The molecule has 56 valence electrons. The zero-order valence-electron chi connectivity index (χ0n) is 6.39. The summed E-state index contributed by atoms with van der Waals surface area (Å²) in [6.07, 6.45) is 1.07. The molecule has 2 rings (SSSR count). The van der Waals surface area contributed by atoms with Crippen LogP contribution in [0.3, 0.4) is 0 Å². The second-order valence-electron chi connectivity index (χ2n) is 3.86. The largest absolute Gasteiger partial charge is 0.465 e. The van der Waals surface area contributed by atoms with Crippen molar-refractivity contribution >= 4 is 5.97 Å². The summed E-state index contributed by atoms with van der Waals surface area (Å²) in [7, 11) is 0. The molecule has 0 bridgehead atoms. The summed E-state index contributed by atoms with van der Waals surface area (Å²) in [5, 5.41) is 0. The first-order valence-corrected chi connectivity index (χ1v) is 3.80. The van der Waals surface area contributed by atoms with Gasteiger partial charge in [-0.1, -0.05) is 13.8 Å². The number of esters is 1. The highest BCUT2D eigenvalue weighted by atomic mass is 16.5. The van der Waals surface area contributed by atoms with E-state index in [1.54, 1.807) is 0 Å². The highest BCUT2D eigenvalue weighted by Crippen LogP contribution is 2.61. The lowest BCUT2D eigenvalue weighted by molar-refractivity contribution is -0.148. The fourth-order valence-electron chi connectivity index (χ4n) is 2.13. The number of fused-ring (bicyclic) bond motifs is 1. The van der Waals surface area contributed by atoms with Crippen LogP contribution in [0.1, 0.15) is 20.3 Å². The first kappa shape index (κ1) is 6.20. The van der Waals surface area contributed by atoms with E-state index in [0.717, 1.165) is 6.42 Å². The lowest BCUT2D eigenvalue weighted by Crippen LogP contribution is -2.15. The summed E-state index contributed by atoms with van der Waals surface area (Å²) in [5.74, 6) is 0.872. The summed E-state index contributed by atoms with van der Waals surface area (Å²) < 4.78 is 4.93. The lowest BCUT2D eigenvalue weighted by Gasteiger charge is -2.07. The molecule has 0 aromatic carbocycles. The monoisotopic (exact) mass is 140 g/mol. The van der Waals surface area contributed by atoms with Crippen molar-refractivity contribution in [2.75, 3.05) is 6.61 Å². The van der Waals surface area contributed by atoms with Gasteiger partial charge in [-0.05, 0) is 17.8 Å². The molecule has 2 atom stereocenters. The molecular weight excluding hydrogens is 128 g/mol. The lowest BCUT2D eigenvalue weighted by atomic mass is 10.1. The van der Waals surface area contributed by atoms with Crippen molar-refractivity contribution in [2.45, 2.75) is 20.3 Å². The first-order chi connectivity index (χ1) is 4.64. The van der Waals surface area contributed by atoms with Crippen molar-refractivity contribution in [3.05, 3.63) is 0 Å². The number of carbonyl (C=O) groups is 1. The average Bonchev–Trinajstić information content (AvgIpc) is 2.38. The Morgan fingerprint density at radius 1 is 1.60 bits per heavy atom. The van der Waals surface area contributed by atoms with Gasteiger partial charge in [0, 0.05) is 0 Å². The Kier molecular flexibility index (Phi) is 0.960. The maximum absolute atomic E-state index is 11.0. The molecule has 10 heavy (non-hydrogen) atoms. The number of rotatable bonds is 0.